The summed E-state index contributed by atoms with van der Waals surface area (Å²) < 4.78 is 0. The molecule has 0 fully saturated rings. The van der Waals surface area contributed by atoms with Crippen molar-refractivity contribution in [2.45, 2.75) is 20.8 Å². The van der Waals surface area contributed by atoms with Crippen molar-refractivity contribution < 1.29 is 4.79 Å². The van der Waals surface area contributed by atoms with Crippen LogP contribution in [0.3, 0.4) is 0 Å². The fraction of sp³-hybridized carbons (Fsp3) is 0.188. The molecule has 0 amide bonds. The third-order valence-electron chi connectivity index (χ3n) is 3.28. The van der Waals surface area contributed by atoms with Crippen LogP contribution >= 0.6 is 11.6 Å². The maximum Gasteiger partial charge on any atom is 0.196 e. The molecule has 0 heterocycles. The number of ketones is 1. The summed E-state index contributed by atoms with van der Waals surface area (Å²) in [6.07, 6.45) is 0. The highest BCUT2D eigenvalue weighted by Crippen LogP contribution is 2.26. The van der Waals surface area contributed by atoms with Crippen LogP contribution in [0.5, 0.6) is 0 Å². The quantitative estimate of drug-likeness (QED) is 0.662. The predicted molar refractivity (Wildman–Crippen MR) is 79.9 cm³/mol. The third-order valence-corrected chi connectivity index (χ3v) is 3.59. The molecule has 2 N–H and O–H groups in total. The number of anilines is 1. The fourth-order valence-corrected chi connectivity index (χ4v) is 2.27. The fourth-order valence-electron chi connectivity index (χ4n) is 1.97. The molecule has 2 rings (SSSR count). The van der Waals surface area contributed by atoms with Gasteiger partial charge in [0.05, 0.1) is 5.02 Å². The lowest BCUT2D eigenvalue weighted by molar-refractivity contribution is 0.103. The molecule has 0 aromatic heterocycles. The monoisotopic (exact) mass is 273 g/mol. The molecule has 0 saturated carbocycles. The molecule has 0 aliphatic carbocycles. The summed E-state index contributed by atoms with van der Waals surface area (Å²) in [7, 11) is 0. The average Bonchev–Trinajstić information content (AvgIpc) is 2.36. The van der Waals surface area contributed by atoms with Crippen LogP contribution in [-0.2, 0) is 0 Å². The van der Waals surface area contributed by atoms with Crippen molar-refractivity contribution in [3.63, 3.8) is 0 Å². The third kappa shape index (κ3) is 2.64. The van der Waals surface area contributed by atoms with E-state index in [0.29, 0.717) is 21.8 Å². The molecule has 0 aliphatic rings. The van der Waals surface area contributed by atoms with Crippen LogP contribution in [0.15, 0.2) is 30.3 Å². The van der Waals surface area contributed by atoms with Gasteiger partial charge in [0.15, 0.2) is 5.78 Å². The zero-order chi connectivity index (χ0) is 14.2. The van der Waals surface area contributed by atoms with Gasteiger partial charge in [-0.2, -0.15) is 0 Å². The molecule has 19 heavy (non-hydrogen) atoms. The van der Waals surface area contributed by atoms with E-state index in [4.69, 9.17) is 17.3 Å². The standard InChI is InChI=1S/C16H16ClNO/c1-9-4-5-15(18)13(6-9)16(19)12-7-10(2)11(3)8-14(12)17/h4-8H,18H2,1-3H3. The van der Waals surface area contributed by atoms with Gasteiger partial charge in [0, 0.05) is 16.8 Å². The highest BCUT2D eigenvalue weighted by atomic mass is 35.5. The molecular formula is C16H16ClNO. The molecule has 0 saturated heterocycles. The first-order valence-corrected chi connectivity index (χ1v) is 6.45. The molecule has 98 valence electrons. The minimum atomic E-state index is -0.130. The summed E-state index contributed by atoms with van der Waals surface area (Å²) in [5, 5.41) is 0.467. The highest BCUT2D eigenvalue weighted by molar-refractivity contribution is 6.35. The van der Waals surface area contributed by atoms with Crippen molar-refractivity contribution >= 4 is 23.1 Å². The van der Waals surface area contributed by atoms with Crippen molar-refractivity contribution in [3.8, 4) is 0 Å². The number of hydrogen-bond donors (Lipinski definition) is 1. The van der Waals surface area contributed by atoms with Gasteiger partial charge in [-0.3, -0.25) is 4.79 Å². The Morgan fingerprint density at radius 3 is 2.32 bits per heavy atom. The Kier molecular flexibility index (Phi) is 3.63. The summed E-state index contributed by atoms with van der Waals surface area (Å²) in [6, 6.07) is 9.06. The Labute approximate surface area is 118 Å². The van der Waals surface area contributed by atoms with Gasteiger partial charge in [-0.05, 0) is 56.2 Å². The highest BCUT2D eigenvalue weighted by Gasteiger charge is 2.16. The van der Waals surface area contributed by atoms with Crippen LogP contribution in [0.25, 0.3) is 0 Å². The van der Waals surface area contributed by atoms with Gasteiger partial charge in [-0.1, -0.05) is 23.2 Å². The van der Waals surface area contributed by atoms with E-state index in [-0.39, 0.29) is 5.78 Å². The minimum Gasteiger partial charge on any atom is -0.398 e. The number of carbonyl (C=O) groups is 1. The number of nitrogens with two attached hydrogens (primary N) is 1. The lowest BCUT2D eigenvalue weighted by Crippen LogP contribution is -2.07. The molecule has 0 bridgehead atoms. The van der Waals surface area contributed by atoms with E-state index >= 15 is 0 Å². The molecule has 0 atom stereocenters. The predicted octanol–water partition coefficient (Wildman–Crippen LogP) is 4.08. The number of carbonyl (C=O) groups excluding carboxylic acids is 1. The number of benzene rings is 2. The lowest BCUT2D eigenvalue weighted by atomic mass is 9.97. The van der Waals surface area contributed by atoms with Crippen molar-refractivity contribution in [2.24, 2.45) is 0 Å². The van der Waals surface area contributed by atoms with E-state index in [1.807, 2.05) is 39.0 Å². The average molecular weight is 274 g/mol. The largest absolute Gasteiger partial charge is 0.398 e. The van der Waals surface area contributed by atoms with Crippen LogP contribution < -0.4 is 5.73 Å². The summed E-state index contributed by atoms with van der Waals surface area (Å²) in [4.78, 5) is 12.5. The Balaban J connectivity index is 2.56. The van der Waals surface area contributed by atoms with E-state index < -0.39 is 0 Å². The molecular weight excluding hydrogens is 258 g/mol. The second-order valence-corrected chi connectivity index (χ2v) is 5.24. The van der Waals surface area contributed by atoms with Gasteiger partial charge in [-0.15, -0.1) is 0 Å². The minimum absolute atomic E-state index is 0.130. The second kappa shape index (κ2) is 5.06. The molecule has 0 spiro atoms. The normalized spacial score (nSPS) is 10.5. The first kappa shape index (κ1) is 13.6. The molecule has 0 radical (unpaired) electrons. The van der Waals surface area contributed by atoms with Crippen molar-refractivity contribution in [2.75, 3.05) is 5.73 Å². The Morgan fingerprint density at radius 1 is 1.00 bits per heavy atom. The number of hydrogen-bond acceptors (Lipinski definition) is 2. The van der Waals surface area contributed by atoms with Gasteiger partial charge in [-0.25, -0.2) is 0 Å². The second-order valence-electron chi connectivity index (χ2n) is 4.84. The Bertz CT molecular complexity index is 662. The van der Waals surface area contributed by atoms with Crippen LogP contribution in [0.2, 0.25) is 5.02 Å². The number of rotatable bonds is 2. The first-order valence-electron chi connectivity index (χ1n) is 6.07. The van der Waals surface area contributed by atoms with E-state index in [1.165, 1.54) is 0 Å². The number of aryl methyl sites for hydroxylation is 3. The summed E-state index contributed by atoms with van der Waals surface area (Å²) in [5.41, 5.74) is 10.5. The van der Waals surface area contributed by atoms with E-state index in [1.54, 1.807) is 12.1 Å². The zero-order valence-electron chi connectivity index (χ0n) is 11.3. The van der Waals surface area contributed by atoms with E-state index in [0.717, 1.165) is 16.7 Å². The first-order chi connectivity index (χ1) is 8.90. The van der Waals surface area contributed by atoms with Crippen molar-refractivity contribution in [1.82, 2.24) is 0 Å². The van der Waals surface area contributed by atoms with Gasteiger partial charge in [0.25, 0.3) is 0 Å². The van der Waals surface area contributed by atoms with Gasteiger partial charge in [0.2, 0.25) is 0 Å². The summed E-state index contributed by atoms with van der Waals surface area (Å²) in [6.45, 7) is 5.86. The van der Waals surface area contributed by atoms with Crippen LogP contribution in [0.1, 0.15) is 32.6 Å². The van der Waals surface area contributed by atoms with E-state index in [2.05, 4.69) is 0 Å². The molecule has 0 unspecified atom stereocenters. The van der Waals surface area contributed by atoms with Crippen LogP contribution in [0.4, 0.5) is 5.69 Å². The molecule has 3 heteroatoms. The SMILES string of the molecule is Cc1ccc(N)c(C(=O)c2cc(C)c(C)cc2Cl)c1. The number of halogens is 1. The van der Waals surface area contributed by atoms with Gasteiger partial charge in [0.1, 0.15) is 0 Å². The Morgan fingerprint density at radius 2 is 1.63 bits per heavy atom. The summed E-state index contributed by atoms with van der Waals surface area (Å²) >= 11 is 6.18. The molecule has 2 aromatic rings. The van der Waals surface area contributed by atoms with Gasteiger partial charge < -0.3 is 5.73 Å². The van der Waals surface area contributed by atoms with Crippen LogP contribution in [-0.4, -0.2) is 5.78 Å². The topological polar surface area (TPSA) is 43.1 Å². The Hall–Kier alpha value is -1.80. The van der Waals surface area contributed by atoms with Crippen LogP contribution in [0, 0.1) is 20.8 Å². The van der Waals surface area contributed by atoms with Gasteiger partial charge >= 0.3 is 0 Å². The zero-order valence-corrected chi connectivity index (χ0v) is 12.0. The molecule has 2 nitrogen and oxygen atoms in total. The number of nitrogen functional groups attached to an aromatic ring is 1. The van der Waals surface area contributed by atoms with E-state index in [9.17, 15) is 4.79 Å². The van der Waals surface area contributed by atoms with Crippen molar-refractivity contribution in [3.05, 3.63) is 63.2 Å². The maximum atomic E-state index is 12.5. The lowest BCUT2D eigenvalue weighted by Gasteiger charge is -2.10. The molecule has 2 aromatic carbocycles. The van der Waals surface area contributed by atoms with Crippen molar-refractivity contribution in [1.29, 1.82) is 0 Å². The summed E-state index contributed by atoms with van der Waals surface area (Å²) in [5.74, 6) is -0.130. The maximum absolute atomic E-state index is 12.5. The molecule has 0 aliphatic heterocycles. The smallest absolute Gasteiger partial charge is 0.196 e.